The fourth-order valence-electron chi connectivity index (χ4n) is 2.28. The van der Waals surface area contributed by atoms with Crippen molar-refractivity contribution in [2.75, 3.05) is 12.4 Å². The molecule has 0 aliphatic carbocycles. The van der Waals surface area contributed by atoms with E-state index in [1.807, 2.05) is 19.1 Å². The number of rotatable bonds is 3. The summed E-state index contributed by atoms with van der Waals surface area (Å²) in [6.45, 7) is 1.86. The topological polar surface area (TPSA) is 64.1 Å². The van der Waals surface area contributed by atoms with Crippen LogP contribution in [0.5, 0.6) is 0 Å². The second-order valence-electron chi connectivity index (χ2n) is 5.00. The van der Waals surface area contributed by atoms with Crippen molar-refractivity contribution in [3.8, 4) is 0 Å². The average molecular weight is 348 g/mol. The van der Waals surface area contributed by atoms with Crippen LogP contribution in [0.25, 0.3) is 11.0 Å². The van der Waals surface area contributed by atoms with Crippen molar-refractivity contribution in [2.45, 2.75) is 6.92 Å². The summed E-state index contributed by atoms with van der Waals surface area (Å²) in [4.78, 5) is 20.6. The van der Waals surface area contributed by atoms with Gasteiger partial charge in [-0.1, -0.05) is 6.07 Å². The molecular formula is C17H15ClFN3O2. The molecule has 1 N–H and O–H groups in total. The van der Waals surface area contributed by atoms with Gasteiger partial charge in [0.15, 0.2) is 5.65 Å². The summed E-state index contributed by atoms with van der Waals surface area (Å²) in [5.41, 5.74) is 2.57. The number of aromatic nitrogens is 2. The molecule has 124 valence electrons. The van der Waals surface area contributed by atoms with Crippen LogP contribution in [0.3, 0.4) is 0 Å². The van der Waals surface area contributed by atoms with Gasteiger partial charge in [-0.2, -0.15) is 0 Å². The van der Waals surface area contributed by atoms with Crippen molar-refractivity contribution in [2.24, 2.45) is 0 Å². The highest BCUT2D eigenvalue weighted by atomic mass is 35.5. The number of ether oxygens (including phenoxy) is 1. The first-order valence-corrected chi connectivity index (χ1v) is 6.96. The standard InChI is InChI=1S/C17H14FN3O2.ClH/c1-10-6-7-13-15(21-12-5-3-4-11(18)8-12)14(17(22)23-2)9-19-16(13)20-10;/h3-9H,1-2H3,(H,19,20,21);1H. The maximum atomic E-state index is 13.4. The number of carbonyl (C=O) groups is 1. The Morgan fingerprint density at radius 3 is 2.75 bits per heavy atom. The third kappa shape index (κ3) is 3.44. The normalized spacial score (nSPS) is 10.1. The number of nitrogens with one attached hydrogen (secondary N) is 1. The molecule has 24 heavy (non-hydrogen) atoms. The van der Waals surface area contributed by atoms with Crippen LogP contribution in [-0.4, -0.2) is 23.0 Å². The summed E-state index contributed by atoms with van der Waals surface area (Å²) in [7, 11) is 1.30. The van der Waals surface area contributed by atoms with E-state index in [1.54, 1.807) is 12.1 Å². The zero-order chi connectivity index (χ0) is 16.4. The predicted octanol–water partition coefficient (Wildman–Crippen LogP) is 4.03. The molecule has 0 fully saturated rings. The molecule has 0 bridgehead atoms. The Morgan fingerprint density at radius 1 is 1.25 bits per heavy atom. The fraction of sp³-hybridized carbons (Fsp3) is 0.118. The van der Waals surface area contributed by atoms with Crippen LogP contribution in [-0.2, 0) is 4.74 Å². The van der Waals surface area contributed by atoms with Gasteiger partial charge >= 0.3 is 5.97 Å². The molecule has 2 aromatic heterocycles. The Hall–Kier alpha value is -2.73. The quantitative estimate of drug-likeness (QED) is 0.725. The summed E-state index contributed by atoms with van der Waals surface area (Å²) < 4.78 is 18.2. The number of hydrogen-bond donors (Lipinski definition) is 1. The van der Waals surface area contributed by atoms with Gasteiger partial charge in [0, 0.05) is 23.0 Å². The number of anilines is 2. The summed E-state index contributed by atoms with van der Waals surface area (Å²) in [5, 5.41) is 3.73. The number of carbonyl (C=O) groups excluding carboxylic acids is 1. The Kier molecular flexibility index (Phi) is 5.31. The van der Waals surface area contributed by atoms with E-state index >= 15 is 0 Å². The molecule has 0 radical (unpaired) electrons. The lowest BCUT2D eigenvalue weighted by atomic mass is 10.1. The Morgan fingerprint density at radius 2 is 2.04 bits per heavy atom. The number of methoxy groups -OCH3 is 1. The van der Waals surface area contributed by atoms with Crippen LogP contribution in [0.15, 0.2) is 42.6 Å². The largest absolute Gasteiger partial charge is 0.465 e. The Bertz CT molecular complexity index is 902. The highest BCUT2D eigenvalue weighted by molar-refractivity contribution is 6.05. The molecule has 2 heterocycles. The second-order valence-corrected chi connectivity index (χ2v) is 5.00. The molecule has 0 saturated heterocycles. The van der Waals surface area contributed by atoms with Crippen LogP contribution < -0.4 is 5.32 Å². The van der Waals surface area contributed by atoms with Crippen molar-refractivity contribution in [3.63, 3.8) is 0 Å². The highest BCUT2D eigenvalue weighted by Gasteiger charge is 2.17. The maximum Gasteiger partial charge on any atom is 0.341 e. The van der Waals surface area contributed by atoms with Crippen molar-refractivity contribution in [3.05, 3.63) is 59.7 Å². The van der Waals surface area contributed by atoms with Gasteiger partial charge in [0.25, 0.3) is 0 Å². The first kappa shape index (κ1) is 17.6. The van der Waals surface area contributed by atoms with E-state index in [1.165, 1.54) is 25.4 Å². The van der Waals surface area contributed by atoms with E-state index in [0.717, 1.165) is 5.69 Å². The summed E-state index contributed by atoms with van der Waals surface area (Å²) in [6, 6.07) is 9.62. The van der Waals surface area contributed by atoms with E-state index in [9.17, 15) is 9.18 Å². The van der Waals surface area contributed by atoms with Crippen molar-refractivity contribution in [1.29, 1.82) is 0 Å². The van der Waals surface area contributed by atoms with Gasteiger partial charge in [-0.3, -0.25) is 0 Å². The highest BCUT2D eigenvalue weighted by Crippen LogP contribution is 2.29. The van der Waals surface area contributed by atoms with Crippen LogP contribution in [0.4, 0.5) is 15.8 Å². The number of nitrogens with zero attached hydrogens (tertiary/aromatic N) is 2. The van der Waals surface area contributed by atoms with Gasteiger partial charge in [0.2, 0.25) is 0 Å². The fourth-order valence-corrected chi connectivity index (χ4v) is 2.28. The van der Waals surface area contributed by atoms with Gasteiger partial charge < -0.3 is 10.1 Å². The minimum Gasteiger partial charge on any atom is -0.465 e. The molecule has 0 aliphatic rings. The van der Waals surface area contributed by atoms with Crippen LogP contribution >= 0.6 is 12.4 Å². The van der Waals surface area contributed by atoms with Gasteiger partial charge in [0.05, 0.1) is 12.8 Å². The van der Waals surface area contributed by atoms with E-state index < -0.39 is 5.97 Å². The summed E-state index contributed by atoms with van der Waals surface area (Å²) in [5.74, 6) is -0.902. The molecule has 0 atom stereocenters. The van der Waals surface area contributed by atoms with Gasteiger partial charge in [0.1, 0.15) is 11.4 Å². The molecule has 0 saturated carbocycles. The molecular weight excluding hydrogens is 333 g/mol. The lowest BCUT2D eigenvalue weighted by Crippen LogP contribution is -2.08. The number of esters is 1. The molecule has 5 nitrogen and oxygen atoms in total. The third-order valence-corrected chi connectivity index (χ3v) is 3.37. The molecule has 0 aliphatic heterocycles. The Labute approximate surface area is 144 Å². The van der Waals surface area contributed by atoms with Gasteiger partial charge in [-0.25, -0.2) is 19.2 Å². The zero-order valence-electron chi connectivity index (χ0n) is 13.0. The molecule has 1 aromatic carbocycles. The molecule has 3 aromatic rings. The molecule has 3 rings (SSSR count). The molecule has 0 unspecified atom stereocenters. The number of fused-ring (bicyclic) bond motifs is 1. The SMILES string of the molecule is COC(=O)c1cnc2nc(C)ccc2c1Nc1cccc(F)c1.Cl. The lowest BCUT2D eigenvalue weighted by molar-refractivity contribution is 0.0601. The molecule has 0 spiro atoms. The lowest BCUT2D eigenvalue weighted by Gasteiger charge is -2.13. The number of halogens is 2. The minimum absolute atomic E-state index is 0. The molecule has 0 amide bonds. The number of hydrogen-bond acceptors (Lipinski definition) is 5. The number of pyridine rings is 2. The van der Waals surface area contributed by atoms with E-state index in [0.29, 0.717) is 22.4 Å². The number of aryl methyl sites for hydroxylation is 1. The van der Waals surface area contributed by atoms with Crippen LogP contribution in [0.1, 0.15) is 16.1 Å². The third-order valence-electron chi connectivity index (χ3n) is 3.37. The van der Waals surface area contributed by atoms with Crippen molar-refractivity contribution in [1.82, 2.24) is 9.97 Å². The average Bonchev–Trinajstić information content (AvgIpc) is 2.54. The van der Waals surface area contributed by atoms with Crippen LogP contribution in [0.2, 0.25) is 0 Å². The van der Waals surface area contributed by atoms with E-state index in [-0.39, 0.29) is 23.8 Å². The van der Waals surface area contributed by atoms with Gasteiger partial charge in [-0.05, 0) is 37.3 Å². The van der Waals surface area contributed by atoms with Crippen molar-refractivity contribution < 1.29 is 13.9 Å². The second kappa shape index (κ2) is 7.23. The first-order valence-electron chi connectivity index (χ1n) is 6.96. The maximum absolute atomic E-state index is 13.4. The van der Waals surface area contributed by atoms with E-state index in [4.69, 9.17) is 4.74 Å². The first-order chi connectivity index (χ1) is 11.1. The minimum atomic E-state index is -0.529. The summed E-state index contributed by atoms with van der Waals surface area (Å²) in [6.07, 6.45) is 1.40. The van der Waals surface area contributed by atoms with Crippen molar-refractivity contribution >= 4 is 40.8 Å². The predicted molar refractivity (Wildman–Crippen MR) is 92.5 cm³/mol. The zero-order valence-corrected chi connectivity index (χ0v) is 13.9. The Balaban J connectivity index is 0.00000208. The van der Waals surface area contributed by atoms with Gasteiger partial charge in [-0.15, -0.1) is 12.4 Å². The monoisotopic (exact) mass is 347 g/mol. The summed E-state index contributed by atoms with van der Waals surface area (Å²) >= 11 is 0. The van der Waals surface area contributed by atoms with E-state index in [2.05, 4.69) is 15.3 Å². The molecule has 7 heteroatoms. The smallest absolute Gasteiger partial charge is 0.341 e. The number of benzene rings is 1. The van der Waals surface area contributed by atoms with Crippen LogP contribution in [0, 0.1) is 12.7 Å².